The quantitative estimate of drug-likeness (QED) is 0.371. The molecule has 8 heteroatoms. The molecule has 222 valence electrons. The van der Waals surface area contributed by atoms with Crippen LogP contribution in [-0.4, -0.2) is 42.6 Å². The number of amides is 1. The summed E-state index contributed by atoms with van der Waals surface area (Å²) in [5.74, 6) is 0.179. The zero-order valence-corrected chi connectivity index (χ0v) is 26.0. The highest BCUT2D eigenvalue weighted by atomic mass is 35.5. The van der Waals surface area contributed by atoms with E-state index < -0.39 is 5.92 Å². The smallest absolute Gasteiger partial charge is 0.262 e. The largest absolute Gasteiger partial charge is 0.490 e. The van der Waals surface area contributed by atoms with Crippen LogP contribution in [0.1, 0.15) is 71.8 Å². The number of halogens is 1. The summed E-state index contributed by atoms with van der Waals surface area (Å²) in [6.07, 6.45) is 2.37. The Labute approximate surface area is 252 Å². The van der Waals surface area contributed by atoms with Crippen LogP contribution in [0.4, 0.5) is 5.69 Å². The Bertz CT molecular complexity index is 1470. The number of hydrogen-bond acceptors (Lipinski definition) is 6. The van der Waals surface area contributed by atoms with E-state index >= 15 is 0 Å². The summed E-state index contributed by atoms with van der Waals surface area (Å²) < 4.78 is 11.8. The molecule has 42 heavy (non-hydrogen) atoms. The minimum atomic E-state index is -0.477. The lowest BCUT2D eigenvalue weighted by atomic mass is 9.64. The van der Waals surface area contributed by atoms with Crippen LogP contribution in [0.5, 0.6) is 11.5 Å². The van der Waals surface area contributed by atoms with Crippen LogP contribution in [0.25, 0.3) is 0 Å². The van der Waals surface area contributed by atoms with Gasteiger partial charge in [0.05, 0.1) is 17.3 Å². The predicted octanol–water partition coefficient (Wildman–Crippen LogP) is 7.07. The van der Waals surface area contributed by atoms with E-state index in [1.807, 2.05) is 26.1 Å². The molecule has 1 amide bonds. The van der Waals surface area contributed by atoms with E-state index in [2.05, 4.69) is 37.9 Å². The van der Waals surface area contributed by atoms with Gasteiger partial charge in [0.1, 0.15) is 0 Å². The highest BCUT2D eigenvalue weighted by molar-refractivity contribution is 6.33. The maximum absolute atomic E-state index is 13.8. The SMILES string of the molecule is CCOc1cc(C2C3=C(CC(C)(C)CC3=O)N(C)C3=C2C(=O)CC(C)(C)C3)ccc1OCC(=O)Nc1ccccc1Cl. The molecular formula is C34H39ClN2O5. The van der Waals surface area contributed by atoms with Gasteiger partial charge in [-0.05, 0) is 60.4 Å². The van der Waals surface area contributed by atoms with Gasteiger partial charge in [-0.15, -0.1) is 0 Å². The zero-order valence-electron chi connectivity index (χ0n) is 25.2. The first kappa shape index (κ1) is 29.9. The molecule has 2 aromatic rings. The number of anilines is 1. The topological polar surface area (TPSA) is 84.9 Å². The summed E-state index contributed by atoms with van der Waals surface area (Å²) in [4.78, 5) is 42.3. The molecule has 0 unspecified atom stereocenters. The third-order valence-corrected chi connectivity index (χ3v) is 8.62. The van der Waals surface area contributed by atoms with E-state index in [1.165, 1.54) is 0 Å². The molecule has 0 atom stereocenters. The van der Waals surface area contributed by atoms with Crippen LogP contribution in [0.2, 0.25) is 5.02 Å². The molecule has 1 aliphatic heterocycles. The van der Waals surface area contributed by atoms with Crippen molar-refractivity contribution in [2.75, 3.05) is 25.6 Å². The molecule has 2 aliphatic carbocycles. The number of ketones is 2. The van der Waals surface area contributed by atoms with Crippen molar-refractivity contribution in [3.63, 3.8) is 0 Å². The summed E-state index contributed by atoms with van der Waals surface area (Å²) in [7, 11) is 2.00. The lowest BCUT2D eigenvalue weighted by molar-refractivity contribution is -0.120. The Balaban J connectivity index is 1.51. The first-order chi connectivity index (χ1) is 19.8. The summed E-state index contributed by atoms with van der Waals surface area (Å²) in [5, 5.41) is 3.19. The van der Waals surface area contributed by atoms with Crippen molar-refractivity contribution >= 4 is 34.8 Å². The number of nitrogens with zero attached hydrogens (tertiary/aromatic N) is 1. The molecule has 3 aliphatic rings. The monoisotopic (exact) mass is 590 g/mol. The van der Waals surface area contributed by atoms with Gasteiger partial charge in [0.2, 0.25) is 0 Å². The second-order valence-electron chi connectivity index (χ2n) is 13.1. The Morgan fingerprint density at radius 3 is 2.07 bits per heavy atom. The van der Waals surface area contributed by atoms with Crippen LogP contribution in [-0.2, 0) is 14.4 Å². The van der Waals surface area contributed by atoms with Crippen molar-refractivity contribution in [3.8, 4) is 11.5 Å². The second-order valence-corrected chi connectivity index (χ2v) is 13.5. The fourth-order valence-corrected chi connectivity index (χ4v) is 6.66. The molecule has 5 rings (SSSR count). The minimum Gasteiger partial charge on any atom is -0.490 e. The average molecular weight is 591 g/mol. The van der Waals surface area contributed by atoms with Gasteiger partial charge >= 0.3 is 0 Å². The predicted molar refractivity (Wildman–Crippen MR) is 164 cm³/mol. The minimum absolute atomic E-state index is 0.0804. The summed E-state index contributed by atoms with van der Waals surface area (Å²) in [5.41, 5.74) is 4.39. The number of rotatable bonds is 7. The maximum atomic E-state index is 13.8. The molecule has 0 saturated heterocycles. The Morgan fingerprint density at radius 2 is 1.50 bits per heavy atom. The number of carbonyl (C=O) groups excluding carboxylic acids is 3. The van der Waals surface area contributed by atoms with Crippen LogP contribution >= 0.6 is 11.6 Å². The number of nitrogens with one attached hydrogen (secondary N) is 1. The number of Topliss-reactive ketones (excluding diaryl/α,β-unsaturated/α-hetero) is 2. The molecule has 2 aromatic carbocycles. The summed E-state index contributed by atoms with van der Waals surface area (Å²) >= 11 is 6.17. The number of allylic oxidation sites excluding steroid dienone is 4. The molecule has 1 N–H and O–H groups in total. The molecule has 0 saturated carbocycles. The average Bonchev–Trinajstić information content (AvgIpc) is 2.89. The molecule has 0 bridgehead atoms. The second kappa shape index (κ2) is 11.3. The normalized spacial score (nSPS) is 19.8. The first-order valence-corrected chi connectivity index (χ1v) is 14.9. The lowest BCUT2D eigenvalue weighted by Gasteiger charge is -2.47. The highest BCUT2D eigenvalue weighted by Crippen LogP contribution is 2.54. The third-order valence-electron chi connectivity index (χ3n) is 8.29. The first-order valence-electron chi connectivity index (χ1n) is 14.5. The van der Waals surface area contributed by atoms with Crippen LogP contribution < -0.4 is 14.8 Å². The molecule has 0 aromatic heterocycles. The fraction of sp³-hybridized carbons (Fsp3) is 0.441. The van der Waals surface area contributed by atoms with E-state index in [0.717, 1.165) is 29.8 Å². The van der Waals surface area contributed by atoms with E-state index in [-0.39, 0.29) is 34.9 Å². The number of benzene rings is 2. The number of para-hydroxylation sites is 1. The summed E-state index contributed by atoms with van der Waals surface area (Å²) in [6.45, 7) is 10.5. The Kier molecular flexibility index (Phi) is 8.01. The van der Waals surface area contributed by atoms with Gasteiger partial charge in [0.25, 0.3) is 5.91 Å². The maximum Gasteiger partial charge on any atom is 0.262 e. The fourth-order valence-electron chi connectivity index (χ4n) is 6.48. The van der Waals surface area contributed by atoms with Crippen molar-refractivity contribution in [2.24, 2.45) is 10.8 Å². The van der Waals surface area contributed by atoms with Crippen LogP contribution in [0.15, 0.2) is 65.0 Å². The standard InChI is InChI=1S/C34H39ClN2O5/c1-7-41-28-14-20(12-13-27(28)42-19-29(40)36-22-11-9-8-10-21(22)35)30-31-23(15-33(2,3)17-25(31)38)37(6)24-16-34(4,5)18-26(39)32(24)30/h8-14,30H,7,15-19H2,1-6H3,(H,36,40). The number of hydrogen-bond donors (Lipinski definition) is 1. The molecule has 1 heterocycles. The molecule has 0 fully saturated rings. The van der Waals surface area contributed by atoms with Gasteiger partial charge in [-0.3, -0.25) is 14.4 Å². The van der Waals surface area contributed by atoms with Crippen LogP contribution in [0.3, 0.4) is 0 Å². The van der Waals surface area contributed by atoms with Gasteiger partial charge in [-0.2, -0.15) is 0 Å². The Hall–Kier alpha value is -3.58. The van der Waals surface area contributed by atoms with E-state index in [1.54, 1.807) is 30.3 Å². The van der Waals surface area contributed by atoms with Crippen LogP contribution in [0, 0.1) is 10.8 Å². The van der Waals surface area contributed by atoms with Crippen molar-refractivity contribution in [3.05, 3.63) is 75.6 Å². The van der Waals surface area contributed by atoms with Crippen molar-refractivity contribution in [1.29, 1.82) is 0 Å². The van der Waals surface area contributed by atoms with E-state index in [4.69, 9.17) is 21.1 Å². The van der Waals surface area contributed by atoms with Gasteiger partial charge in [-0.1, -0.05) is 57.5 Å². The zero-order chi connectivity index (χ0) is 30.4. The molecule has 0 spiro atoms. The summed E-state index contributed by atoms with van der Waals surface area (Å²) in [6, 6.07) is 12.5. The molecule has 0 radical (unpaired) electrons. The number of ether oxygens (including phenoxy) is 2. The van der Waals surface area contributed by atoms with Crippen molar-refractivity contribution in [1.82, 2.24) is 4.90 Å². The molecular weight excluding hydrogens is 552 g/mol. The van der Waals surface area contributed by atoms with E-state index in [9.17, 15) is 14.4 Å². The Morgan fingerprint density at radius 1 is 0.905 bits per heavy atom. The van der Waals surface area contributed by atoms with Gasteiger partial charge in [0, 0.05) is 48.3 Å². The van der Waals surface area contributed by atoms with Gasteiger partial charge in [-0.25, -0.2) is 0 Å². The third kappa shape index (κ3) is 5.84. The highest BCUT2D eigenvalue weighted by Gasteiger charge is 2.48. The van der Waals surface area contributed by atoms with Crippen molar-refractivity contribution < 1.29 is 23.9 Å². The van der Waals surface area contributed by atoms with Crippen molar-refractivity contribution in [2.45, 2.75) is 66.2 Å². The van der Waals surface area contributed by atoms with Gasteiger partial charge in [0.15, 0.2) is 29.7 Å². The lowest BCUT2D eigenvalue weighted by Crippen LogP contribution is -2.43. The van der Waals surface area contributed by atoms with Gasteiger partial charge < -0.3 is 19.7 Å². The molecule has 7 nitrogen and oxygen atoms in total. The number of carbonyl (C=O) groups is 3. The van der Waals surface area contributed by atoms with E-state index in [0.29, 0.717) is 52.8 Å².